The second-order valence-electron chi connectivity index (χ2n) is 6.86. The van der Waals surface area contributed by atoms with Crippen molar-refractivity contribution in [2.45, 2.75) is 13.5 Å². The molecule has 2 heterocycles. The Morgan fingerprint density at radius 2 is 1.86 bits per heavy atom. The number of carbonyl (C=O) groups is 1. The first-order chi connectivity index (χ1) is 13.6. The quantitative estimate of drug-likeness (QED) is 0.694. The number of piperazine rings is 1. The number of hydrogen-bond donors (Lipinski definition) is 0. The van der Waals surface area contributed by atoms with Crippen molar-refractivity contribution in [2.24, 2.45) is 0 Å². The Bertz CT molecular complexity index is 980. The molecule has 1 aliphatic heterocycles. The van der Waals surface area contributed by atoms with E-state index in [1.807, 2.05) is 4.90 Å². The molecule has 1 amide bonds. The van der Waals surface area contributed by atoms with Crippen LogP contribution < -0.4 is 4.90 Å². The lowest BCUT2D eigenvalue weighted by molar-refractivity contribution is -0.132. The molecule has 1 aromatic heterocycles. The Balaban J connectivity index is 1.35. The van der Waals surface area contributed by atoms with E-state index < -0.39 is 0 Å². The maximum absolute atomic E-state index is 13.3. The van der Waals surface area contributed by atoms with Crippen molar-refractivity contribution in [1.29, 1.82) is 0 Å². The second kappa shape index (κ2) is 7.75. The monoisotopic (exact) mass is 380 g/mol. The van der Waals surface area contributed by atoms with Crippen LogP contribution in [0, 0.1) is 12.7 Å². The number of carbonyl (C=O) groups excluding carboxylic acids is 1. The van der Waals surface area contributed by atoms with Crippen molar-refractivity contribution in [1.82, 2.24) is 25.1 Å². The van der Waals surface area contributed by atoms with Gasteiger partial charge in [-0.25, -0.2) is 4.39 Å². The Hall–Kier alpha value is -3.29. The molecule has 1 aliphatic rings. The van der Waals surface area contributed by atoms with E-state index in [4.69, 9.17) is 0 Å². The van der Waals surface area contributed by atoms with Gasteiger partial charge in [-0.3, -0.25) is 4.79 Å². The van der Waals surface area contributed by atoms with Crippen LogP contribution in [0.1, 0.15) is 5.56 Å². The molecule has 0 spiro atoms. The van der Waals surface area contributed by atoms with Crippen molar-refractivity contribution in [3.63, 3.8) is 0 Å². The number of hydrogen-bond acceptors (Lipinski definition) is 5. The smallest absolute Gasteiger partial charge is 0.246 e. The zero-order valence-electron chi connectivity index (χ0n) is 15.6. The molecule has 1 saturated heterocycles. The first-order valence-corrected chi connectivity index (χ1v) is 9.21. The minimum atomic E-state index is -0.364. The molecule has 28 heavy (non-hydrogen) atoms. The fraction of sp³-hybridized carbons (Fsp3) is 0.300. The molecular weight excluding hydrogens is 359 g/mol. The molecule has 4 rings (SSSR count). The van der Waals surface area contributed by atoms with E-state index in [1.54, 1.807) is 12.1 Å². The van der Waals surface area contributed by atoms with E-state index in [1.165, 1.54) is 28.2 Å². The van der Waals surface area contributed by atoms with Crippen LogP contribution in [0.5, 0.6) is 0 Å². The molecule has 0 unspecified atom stereocenters. The van der Waals surface area contributed by atoms with Crippen molar-refractivity contribution in [3.8, 4) is 11.4 Å². The molecular formula is C20H21FN6O. The van der Waals surface area contributed by atoms with Gasteiger partial charge < -0.3 is 9.80 Å². The van der Waals surface area contributed by atoms with Crippen molar-refractivity contribution >= 4 is 11.6 Å². The van der Waals surface area contributed by atoms with Gasteiger partial charge in [0, 0.05) is 37.4 Å². The summed E-state index contributed by atoms with van der Waals surface area (Å²) in [5.74, 6) is -0.111. The summed E-state index contributed by atoms with van der Waals surface area (Å²) in [5, 5.41) is 12.0. The van der Waals surface area contributed by atoms with Gasteiger partial charge in [0.2, 0.25) is 11.7 Å². The fourth-order valence-electron chi connectivity index (χ4n) is 3.31. The molecule has 0 aliphatic carbocycles. The van der Waals surface area contributed by atoms with E-state index in [0.29, 0.717) is 24.5 Å². The second-order valence-corrected chi connectivity index (χ2v) is 6.86. The number of nitrogens with zero attached hydrogens (tertiary/aromatic N) is 6. The number of benzene rings is 2. The lowest BCUT2D eigenvalue weighted by Crippen LogP contribution is -2.49. The molecule has 0 atom stereocenters. The molecule has 7 nitrogen and oxygen atoms in total. The van der Waals surface area contributed by atoms with Gasteiger partial charge in [0.1, 0.15) is 12.4 Å². The Labute approximate surface area is 162 Å². The third-order valence-electron chi connectivity index (χ3n) is 4.81. The van der Waals surface area contributed by atoms with Crippen LogP contribution in [0.2, 0.25) is 0 Å². The van der Waals surface area contributed by atoms with E-state index in [9.17, 15) is 9.18 Å². The summed E-state index contributed by atoms with van der Waals surface area (Å²) < 4.78 is 13.3. The molecule has 2 aromatic carbocycles. The molecule has 144 valence electrons. The van der Waals surface area contributed by atoms with Gasteiger partial charge in [-0.05, 0) is 42.0 Å². The summed E-state index contributed by atoms with van der Waals surface area (Å²) in [4.78, 5) is 17.9. The normalized spacial score (nSPS) is 14.4. The summed E-state index contributed by atoms with van der Waals surface area (Å²) in [5.41, 5.74) is 2.94. The molecule has 0 bridgehead atoms. The number of anilines is 1. The van der Waals surface area contributed by atoms with Crippen molar-refractivity contribution < 1.29 is 9.18 Å². The topological polar surface area (TPSA) is 67.2 Å². The third kappa shape index (κ3) is 4.00. The van der Waals surface area contributed by atoms with Crippen LogP contribution in [-0.4, -0.2) is 57.2 Å². The lowest BCUT2D eigenvalue weighted by atomic mass is 10.2. The molecule has 0 N–H and O–H groups in total. The summed E-state index contributed by atoms with van der Waals surface area (Å²) in [6.45, 7) is 4.97. The van der Waals surface area contributed by atoms with Crippen LogP contribution in [0.25, 0.3) is 11.4 Å². The van der Waals surface area contributed by atoms with Crippen molar-refractivity contribution in [2.75, 3.05) is 31.1 Å². The maximum Gasteiger partial charge on any atom is 0.246 e. The number of aryl methyl sites for hydroxylation is 1. The largest absolute Gasteiger partial charge is 0.368 e. The predicted octanol–water partition coefficient (Wildman–Crippen LogP) is 2.14. The van der Waals surface area contributed by atoms with Gasteiger partial charge in [-0.2, -0.15) is 4.80 Å². The SMILES string of the molecule is Cc1cccc(N2CCN(C(=O)Cn3nnc(-c4cccc(F)c4)n3)CC2)c1. The zero-order chi connectivity index (χ0) is 19.5. The number of rotatable bonds is 4. The average Bonchev–Trinajstić information content (AvgIpc) is 3.17. The molecule has 0 radical (unpaired) electrons. The van der Waals surface area contributed by atoms with Gasteiger partial charge >= 0.3 is 0 Å². The van der Waals surface area contributed by atoms with Crippen LogP contribution in [0.15, 0.2) is 48.5 Å². The van der Waals surface area contributed by atoms with Crippen molar-refractivity contribution in [3.05, 3.63) is 59.9 Å². The Kier molecular flexibility index (Phi) is 5.01. The van der Waals surface area contributed by atoms with E-state index in [-0.39, 0.29) is 18.3 Å². The highest BCUT2D eigenvalue weighted by atomic mass is 19.1. The highest BCUT2D eigenvalue weighted by Gasteiger charge is 2.22. The minimum Gasteiger partial charge on any atom is -0.368 e. The Morgan fingerprint density at radius 3 is 2.61 bits per heavy atom. The van der Waals surface area contributed by atoms with Gasteiger partial charge in [-0.15, -0.1) is 10.2 Å². The number of aromatic nitrogens is 4. The van der Waals surface area contributed by atoms with Gasteiger partial charge in [0.15, 0.2) is 0 Å². The summed E-state index contributed by atoms with van der Waals surface area (Å²) in [6, 6.07) is 14.4. The highest BCUT2D eigenvalue weighted by molar-refractivity contribution is 5.76. The maximum atomic E-state index is 13.3. The number of tetrazole rings is 1. The lowest BCUT2D eigenvalue weighted by Gasteiger charge is -2.36. The van der Waals surface area contributed by atoms with E-state index in [2.05, 4.69) is 51.5 Å². The first-order valence-electron chi connectivity index (χ1n) is 9.21. The van der Waals surface area contributed by atoms with Crippen LogP contribution in [0.4, 0.5) is 10.1 Å². The van der Waals surface area contributed by atoms with Crippen LogP contribution >= 0.6 is 0 Å². The standard InChI is InChI=1S/C20H21FN6O/c1-15-4-2-7-18(12-15)25-8-10-26(11-9-25)19(28)14-27-23-20(22-24-27)16-5-3-6-17(21)13-16/h2-7,12-13H,8-11,14H2,1H3. The minimum absolute atomic E-state index is 0.0206. The third-order valence-corrected chi connectivity index (χ3v) is 4.81. The van der Waals surface area contributed by atoms with E-state index >= 15 is 0 Å². The molecule has 0 saturated carbocycles. The average molecular weight is 380 g/mol. The zero-order valence-corrected chi connectivity index (χ0v) is 15.6. The molecule has 8 heteroatoms. The first kappa shape index (κ1) is 18.1. The van der Waals surface area contributed by atoms with E-state index in [0.717, 1.165) is 13.1 Å². The van der Waals surface area contributed by atoms with Gasteiger partial charge in [0.25, 0.3) is 0 Å². The highest BCUT2D eigenvalue weighted by Crippen LogP contribution is 2.18. The van der Waals surface area contributed by atoms with Crippen LogP contribution in [-0.2, 0) is 11.3 Å². The Morgan fingerprint density at radius 1 is 1.07 bits per heavy atom. The number of amides is 1. The summed E-state index contributed by atoms with van der Waals surface area (Å²) in [7, 11) is 0. The predicted molar refractivity (Wildman–Crippen MR) is 103 cm³/mol. The van der Waals surface area contributed by atoms with Gasteiger partial charge in [-0.1, -0.05) is 24.3 Å². The summed E-state index contributed by atoms with van der Waals surface area (Å²) >= 11 is 0. The molecule has 3 aromatic rings. The van der Waals surface area contributed by atoms with Gasteiger partial charge in [0.05, 0.1) is 0 Å². The molecule has 1 fully saturated rings. The number of halogens is 1. The van der Waals surface area contributed by atoms with Crippen LogP contribution in [0.3, 0.4) is 0 Å². The summed E-state index contributed by atoms with van der Waals surface area (Å²) in [6.07, 6.45) is 0. The fourth-order valence-corrected chi connectivity index (χ4v) is 3.31.